The predicted octanol–water partition coefficient (Wildman–Crippen LogP) is 2.00. The summed E-state index contributed by atoms with van der Waals surface area (Å²) in [5.74, 6) is 0.461. The van der Waals surface area contributed by atoms with Gasteiger partial charge in [-0.05, 0) is 43.2 Å². The van der Waals surface area contributed by atoms with Gasteiger partial charge >= 0.3 is 0 Å². The van der Waals surface area contributed by atoms with Gasteiger partial charge in [0, 0.05) is 31.6 Å². The first kappa shape index (κ1) is 17.5. The van der Waals surface area contributed by atoms with Gasteiger partial charge in [-0.25, -0.2) is 0 Å². The van der Waals surface area contributed by atoms with Gasteiger partial charge in [0.25, 0.3) is 0 Å². The largest absolute Gasteiger partial charge is 0.353 e. The van der Waals surface area contributed by atoms with Crippen molar-refractivity contribution in [2.75, 3.05) is 13.1 Å². The molecule has 2 amide bonds. The number of piperidine rings is 1. The lowest BCUT2D eigenvalue weighted by molar-refractivity contribution is -0.137. The molecular formula is C21H29N3O2. The topological polar surface area (TPSA) is 61.4 Å². The molecule has 0 radical (unpaired) electrons. The molecule has 0 spiro atoms. The second-order valence-electron chi connectivity index (χ2n) is 8.00. The zero-order chi connectivity index (χ0) is 17.9. The van der Waals surface area contributed by atoms with Crippen LogP contribution in [-0.4, -0.2) is 41.9 Å². The van der Waals surface area contributed by atoms with Crippen LogP contribution in [0, 0.1) is 5.92 Å². The Hall–Kier alpha value is -1.88. The second kappa shape index (κ2) is 7.78. The number of hydrogen-bond acceptors (Lipinski definition) is 3. The van der Waals surface area contributed by atoms with E-state index in [1.165, 1.54) is 24.0 Å². The summed E-state index contributed by atoms with van der Waals surface area (Å²) in [5, 5.41) is 6.60. The average molecular weight is 355 g/mol. The van der Waals surface area contributed by atoms with Crippen molar-refractivity contribution in [3.8, 4) is 0 Å². The van der Waals surface area contributed by atoms with E-state index in [-0.39, 0.29) is 23.8 Å². The van der Waals surface area contributed by atoms with Gasteiger partial charge in [0.2, 0.25) is 11.8 Å². The summed E-state index contributed by atoms with van der Waals surface area (Å²) in [4.78, 5) is 27.3. The molecule has 0 unspecified atom stereocenters. The molecule has 1 aromatic carbocycles. The van der Waals surface area contributed by atoms with Crippen LogP contribution in [0.1, 0.15) is 49.7 Å². The van der Waals surface area contributed by atoms with E-state index in [1.807, 2.05) is 17.0 Å². The third-order valence-electron chi connectivity index (χ3n) is 6.26. The lowest BCUT2D eigenvalue weighted by Crippen LogP contribution is -2.52. The molecule has 4 rings (SSSR count). The summed E-state index contributed by atoms with van der Waals surface area (Å²) in [5.41, 5.74) is 2.56. The Morgan fingerprint density at radius 1 is 1.00 bits per heavy atom. The number of hydrogen-bond donors (Lipinski definition) is 2. The second-order valence-corrected chi connectivity index (χ2v) is 8.00. The minimum absolute atomic E-state index is 0.0692. The number of nitrogens with zero attached hydrogens (tertiary/aromatic N) is 1. The molecule has 2 fully saturated rings. The fourth-order valence-electron chi connectivity index (χ4n) is 4.60. The number of likely N-dealkylation sites (tertiary alicyclic amines) is 1. The van der Waals surface area contributed by atoms with Crippen LogP contribution < -0.4 is 10.6 Å². The van der Waals surface area contributed by atoms with Crippen molar-refractivity contribution in [3.63, 3.8) is 0 Å². The maximum Gasteiger partial charge on any atom is 0.240 e. The van der Waals surface area contributed by atoms with Crippen LogP contribution in [0.3, 0.4) is 0 Å². The SMILES string of the molecule is O=C(NC1CCCC1)C1CCN(C(=O)[C@H]2Cc3ccccc3CN2)CC1. The van der Waals surface area contributed by atoms with Gasteiger partial charge in [-0.1, -0.05) is 37.1 Å². The Bertz CT molecular complexity index is 661. The molecule has 140 valence electrons. The summed E-state index contributed by atoms with van der Waals surface area (Å²) in [7, 11) is 0. The highest BCUT2D eigenvalue weighted by molar-refractivity contribution is 5.83. The minimum Gasteiger partial charge on any atom is -0.353 e. The van der Waals surface area contributed by atoms with Crippen LogP contribution in [-0.2, 0) is 22.6 Å². The maximum atomic E-state index is 12.9. The first-order chi connectivity index (χ1) is 12.7. The highest BCUT2D eigenvalue weighted by Crippen LogP contribution is 2.23. The molecule has 1 saturated carbocycles. The van der Waals surface area contributed by atoms with Gasteiger partial charge in [0.15, 0.2) is 0 Å². The molecule has 2 heterocycles. The molecule has 26 heavy (non-hydrogen) atoms. The molecule has 1 aliphatic carbocycles. The summed E-state index contributed by atoms with van der Waals surface area (Å²) in [6.07, 6.45) is 7.04. The van der Waals surface area contributed by atoms with Crippen LogP contribution in [0.15, 0.2) is 24.3 Å². The van der Waals surface area contributed by atoms with Gasteiger partial charge in [0.1, 0.15) is 0 Å². The van der Waals surface area contributed by atoms with Gasteiger partial charge in [0.05, 0.1) is 6.04 Å². The van der Waals surface area contributed by atoms with E-state index < -0.39 is 0 Å². The summed E-state index contributed by atoms with van der Waals surface area (Å²) >= 11 is 0. The van der Waals surface area contributed by atoms with Gasteiger partial charge in [-0.3, -0.25) is 9.59 Å². The predicted molar refractivity (Wildman–Crippen MR) is 100 cm³/mol. The zero-order valence-electron chi connectivity index (χ0n) is 15.4. The van der Waals surface area contributed by atoms with Crippen LogP contribution in [0.5, 0.6) is 0 Å². The Balaban J connectivity index is 1.28. The third-order valence-corrected chi connectivity index (χ3v) is 6.26. The van der Waals surface area contributed by atoms with Crippen molar-refractivity contribution < 1.29 is 9.59 Å². The number of benzene rings is 1. The van der Waals surface area contributed by atoms with E-state index in [2.05, 4.69) is 22.8 Å². The lowest BCUT2D eigenvalue weighted by atomic mass is 9.92. The number of fused-ring (bicyclic) bond motifs is 1. The van der Waals surface area contributed by atoms with Gasteiger partial charge < -0.3 is 15.5 Å². The van der Waals surface area contributed by atoms with E-state index in [9.17, 15) is 9.59 Å². The molecule has 0 bridgehead atoms. The summed E-state index contributed by atoms with van der Waals surface area (Å²) < 4.78 is 0. The van der Waals surface area contributed by atoms with E-state index >= 15 is 0 Å². The zero-order valence-corrected chi connectivity index (χ0v) is 15.4. The molecule has 5 nitrogen and oxygen atoms in total. The lowest BCUT2D eigenvalue weighted by Gasteiger charge is -2.35. The van der Waals surface area contributed by atoms with Crippen LogP contribution >= 0.6 is 0 Å². The fraction of sp³-hybridized carbons (Fsp3) is 0.619. The standard InChI is InChI=1S/C21H29N3O2/c25-20(23-18-7-3-4-8-18)15-9-11-24(12-10-15)21(26)19-13-16-5-1-2-6-17(16)14-22-19/h1-2,5-6,15,18-19,22H,3-4,7-14H2,(H,23,25)/t19-/m1/s1. The molecule has 5 heteroatoms. The smallest absolute Gasteiger partial charge is 0.240 e. The van der Waals surface area contributed by atoms with E-state index in [4.69, 9.17) is 0 Å². The first-order valence-corrected chi connectivity index (χ1v) is 10.1. The fourth-order valence-corrected chi connectivity index (χ4v) is 4.60. The third kappa shape index (κ3) is 3.78. The van der Waals surface area contributed by atoms with E-state index in [1.54, 1.807) is 0 Å². The molecule has 2 aliphatic heterocycles. The van der Waals surface area contributed by atoms with Crippen molar-refractivity contribution in [3.05, 3.63) is 35.4 Å². The Kier molecular flexibility index (Phi) is 5.25. The van der Waals surface area contributed by atoms with Crippen molar-refractivity contribution in [2.24, 2.45) is 5.92 Å². The quantitative estimate of drug-likeness (QED) is 0.872. The average Bonchev–Trinajstić information content (AvgIpc) is 3.20. The van der Waals surface area contributed by atoms with Crippen LogP contribution in [0.25, 0.3) is 0 Å². The van der Waals surface area contributed by atoms with Crippen molar-refractivity contribution in [2.45, 2.75) is 63.6 Å². The van der Waals surface area contributed by atoms with Crippen molar-refractivity contribution in [1.82, 2.24) is 15.5 Å². The number of nitrogens with one attached hydrogen (secondary N) is 2. The molecule has 1 saturated heterocycles. The summed E-state index contributed by atoms with van der Waals surface area (Å²) in [6, 6.07) is 8.58. The molecule has 1 atom stereocenters. The number of carbonyl (C=O) groups excluding carboxylic acids is 2. The monoisotopic (exact) mass is 355 g/mol. The highest BCUT2D eigenvalue weighted by atomic mass is 16.2. The van der Waals surface area contributed by atoms with E-state index in [0.29, 0.717) is 19.1 Å². The van der Waals surface area contributed by atoms with E-state index in [0.717, 1.165) is 38.6 Å². The van der Waals surface area contributed by atoms with Crippen molar-refractivity contribution >= 4 is 11.8 Å². The summed E-state index contributed by atoms with van der Waals surface area (Å²) in [6.45, 7) is 2.15. The molecule has 2 N–H and O–H groups in total. The molecule has 3 aliphatic rings. The first-order valence-electron chi connectivity index (χ1n) is 10.1. The van der Waals surface area contributed by atoms with Gasteiger partial charge in [-0.2, -0.15) is 0 Å². The van der Waals surface area contributed by atoms with Crippen molar-refractivity contribution in [1.29, 1.82) is 0 Å². The number of amides is 2. The minimum atomic E-state index is -0.131. The van der Waals surface area contributed by atoms with Crippen LogP contribution in [0.4, 0.5) is 0 Å². The number of carbonyl (C=O) groups is 2. The highest BCUT2D eigenvalue weighted by Gasteiger charge is 2.33. The molecular weight excluding hydrogens is 326 g/mol. The Morgan fingerprint density at radius 2 is 1.69 bits per heavy atom. The van der Waals surface area contributed by atoms with Crippen LogP contribution in [0.2, 0.25) is 0 Å². The Morgan fingerprint density at radius 3 is 2.42 bits per heavy atom. The van der Waals surface area contributed by atoms with Gasteiger partial charge in [-0.15, -0.1) is 0 Å². The number of rotatable bonds is 3. The maximum absolute atomic E-state index is 12.9. The normalized spacial score (nSPS) is 24.3. The molecule has 1 aromatic rings. The molecule has 0 aromatic heterocycles. The Labute approximate surface area is 155 Å².